The van der Waals surface area contributed by atoms with Crippen LogP contribution in [0.5, 0.6) is 5.75 Å². The van der Waals surface area contributed by atoms with E-state index in [0.717, 1.165) is 4.47 Å². The summed E-state index contributed by atoms with van der Waals surface area (Å²) in [6, 6.07) is 13.2. The molecular weight excluding hydrogens is 435 g/mol. The van der Waals surface area contributed by atoms with Gasteiger partial charge in [0.15, 0.2) is 0 Å². The van der Waals surface area contributed by atoms with Crippen LogP contribution in [0.15, 0.2) is 51.7 Å². The number of hydrogen-bond donors (Lipinski definition) is 1. The fourth-order valence-electron chi connectivity index (χ4n) is 2.67. The second kappa shape index (κ2) is 7.95. The molecule has 0 amide bonds. The van der Waals surface area contributed by atoms with Gasteiger partial charge >= 0.3 is 0 Å². The largest absolute Gasteiger partial charge is 0.488 e. The highest BCUT2D eigenvalue weighted by Crippen LogP contribution is 2.35. The highest BCUT2D eigenvalue weighted by molar-refractivity contribution is 9.10. The molecule has 7 heteroatoms. The molecule has 0 saturated heterocycles. The molecule has 0 radical (unpaired) electrons. The molecule has 1 N–H and O–H groups in total. The minimum Gasteiger partial charge on any atom is -0.488 e. The standard InChI is InChI=1S/C20H13BrClFN2O2/c1-11-7-13(15(9-24)20(26)25-11)14-8-12(21)5-6-19(14)27-10-16-17(22)3-2-4-18(16)23/h2-8H,10H2,1H3,(H,25,26). The lowest BCUT2D eigenvalue weighted by atomic mass is 10.00. The summed E-state index contributed by atoms with van der Waals surface area (Å²) in [7, 11) is 0. The van der Waals surface area contributed by atoms with Gasteiger partial charge in [-0.1, -0.05) is 33.6 Å². The highest BCUT2D eigenvalue weighted by Gasteiger charge is 2.16. The number of nitriles is 1. The SMILES string of the molecule is Cc1cc(-c2cc(Br)ccc2OCc2c(F)cccc2Cl)c(C#N)c(=O)[nH]1. The van der Waals surface area contributed by atoms with Gasteiger partial charge in [-0.3, -0.25) is 4.79 Å². The van der Waals surface area contributed by atoms with Crippen LogP contribution >= 0.6 is 27.5 Å². The Hall–Kier alpha value is -2.62. The van der Waals surface area contributed by atoms with Crippen LogP contribution in [0.1, 0.15) is 16.8 Å². The van der Waals surface area contributed by atoms with Crippen molar-refractivity contribution < 1.29 is 9.13 Å². The number of aromatic nitrogens is 1. The number of ether oxygens (including phenoxy) is 1. The van der Waals surface area contributed by atoms with Gasteiger partial charge in [-0.25, -0.2) is 4.39 Å². The summed E-state index contributed by atoms with van der Waals surface area (Å²) in [6.45, 7) is 1.63. The summed E-state index contributed by atoms with van der Waals surface area (Å²) < 4.78 is 20.6. The van der Waals surface area contributed by atoms with Crippen LogP contribution in [0.2, 0.25) is 5.02 Å². The summed E-state index contributed by atoms with van der Waals surface area (Å²) in [6.07, 6.45) is 0. The predicted molar refractivity (Wildman–Crippen MR) is 105 cm³/mol. The quantitative estimate of drug-likeness (QED) is 0.586. The van der Waals surface area contributed by atoms with Gasteiger partial charge in [-0.15, -0.1) is 0 Å². The molecule has 0 aliphatic heterocycles. The van der Waals surface area contributed by atoms with Crippen LogP contribution in [0.4, 0.5) is 4.39 Å². The molecule has 0 fully saturated rings. The van der Waals surface area contributed by atoms with Crippen LogP contribution in [-0.2, 0) is 6.61 Å². The number of aromatic amines is 1. The first-order valence-electron chi connectivity index (χ1n) is 7.90. The lowest BCUT2D eigenvalue weighted by molar-refractivity contribution is 0.301. The van der Waals surface area contributed by atoms with E-state index in [4.69, 9.17) is 16.3 Å². The maximum atomic E-state index is 14.0. The zero-order valence-electron chi connectivity index (χ0n) is 14.1. The van der Waals surface area contributed by atoms with E-state index in [9.17, 15) is 14.4 Å². The first-order chi connectivity index (χ1) is 12.9. The summed E-state index contributed by atoms with van der Waals surface area (Å²) >= 11 is 9.44. The topological polar surface area (TPSA) is 65.9 Å². The monoisotopic (exact) mass is 446 g/mol. The summed E-state index contributed by atoms with van der Waals surface area (Å²) in [5.41, 5.74) is 1.33. The van der Waals surface area contributed by atoms with E-state index in [-0.39, 0.29) is 22.8 Å². The molecule has 0 unspecified atom stereocenters. The van der Waals surface area contributed by atoms with Crippen molar-refractivity contribution in [2.75, 3.05) is 0 Å². The van der Waals surface area contributed by atoms with Gasteiger partial charge in [-0.2, -0.15) is 5.26 Å². The molecule has 0 atom stereocenters. The molecule has 4 nitrogen and oxygen atoms in total. The van der Waals surface area contributed by atoms with E-state index in [0.29, 0.717) is 22.6 Å². The number of benzene rings is 2. The van der Waals surface area contributed by atoms with Crippen LogP contribution < -0.4 is 10.3 Å². The van der Waals surface area contributed by atoms with Gasteiger partial charge in [0.05, 0.1) is 5.02 Å². The van der Waals surface area contributed by atoms with Crippen LogP contribution in [0.3, 0.4) is 0 Å². The molecular formula is C20H13BrClFN2O2. The maximum absolute atomic E-state index is 14.0. The second-order valence-electron chi connectivity index (χ2n) is 5.81. The molecule has 0 aliphatic carbocycles. The highest BCUT2D eigenvalue weighted by atomic mass is 79.9. The van der Waals surface area contributed by atoms with Crippen LogP contribution in [-0.4, -0.2) is 4.98 Å². The number of H-pyrrole nitrogens is 1. The van der Waals surface area contributed by atoms with Gasteiger partial charge in [0.2, 0.25) is 0 Å². The Morgan fingerprint density at radius 1 is 1.26 bits per heavy atom. The maximum Gasteiger partial charge on any atom is 0.266 e. The molecule has 1 aromatic heterocycles. The predicted octanol–water partition coefficient (Wildman–Crippen LogP) is 5.36. The third-order valence-electron chi connectivity index (χ3n) is 3.95. The normalized spacial score (nSPS) is 10.5. The van der Waals surface area contributed by atoms with Gasteiger partial charge in [0.25, 0.3) is 5.56 Å². The second-order valence-corrected chi connectivity index (χ2v) is 7.13. The molecule has 3 aromatic rings. The molecule has 3 rings (SSSR count). The van der Waals surface area contributed by atoms with E-state index in [1.807, 2.05) is 6.07 Å². The Morgan fingerprint density at radius 2 is 2.04 bits per heavy atom. The van der Waals surface area contributed by atoms with E-state index >= 15 is 0 Å². The lowest BCUT2D eigenvalue weighted by Crippen LogP contribution is -2.13. The van der Waals surface area contributed by atoms with Gasteiger partial charge in [0.1, 0.15) is 29.8 Å². The zero-order valence-corrected chi connectivity index (χ0v) is 16.5. The first-order valence-corrected chi connectivity index (χ1v) is 9.07. The number of pyridine rings is 1. The number of rotatable bonds is 4. The molecule has 0 bridgehead atoms. The van der Waals surface area contributed by atoms with Gasteiger partial charge < -0.3 is 9.72 Å². The van der Waals surface area contributed by atoms with Gasteiger partial charge in [0, 0.05) is 26.9 Å². The number of nitrogens with zero attached hydrogens (tertiary/aromatic N) is 1. The lowest BCUT2D eigenvalue weighted by Gasteiger charge is -2.14. The fourth-order valence-corrected chi connectivity index (χ4v) is 3.25. The first kappa shape index (κ1) is 19.2. The van der Waals surface area contributed by atoms with Crippen molar-refractivity contribution in [3.8, 4) is 22.9 Å². The summed E-state index contributed by atoms with van der Waals surface area (Å²) in [5, 5.41) is 9.67. The average Bonchev–Trinajstić information content (AvgIpc) is 2.61. The molecule has 1 heterocycles. The Morgan fingerprint density at radius 3 is 2.74 bits per heavy atom. The van der Waals surface area contributed by atoms with Crippen molar-refractivity contribution in [1.82, 2.24) is 4.98 Å². The van der Waals surface area contributed by atoms with Crippen molar-refractivity contribution in [3.63, 3.8) is 0 Å². The number of hydrogen-bond acceptors (Lipinski definition) is 3. The number of aryl methyl sites for hydroxylation is 1. The van der Waals surface area contributed by atoms with Gasteiger partial charge in [-0.05, 0) is 43.3 Å². The van der Waals surface area contributed by atoms with E-state index in [1.54, 1.807) is 37.3 Å². The van der Waals surface area contributed by atoms with E-state index in [1.165, 1.54) is 12.1 Å². The number of halogens is 3. The third-order valence-corrected chi connectivity index (χ3v) is 4.79. The fraction of sp³-hybridized carbons (Fsp3) is 0.100. The van der Waals surface area contributed by atoms with Crippen molar-refractivity contribution in [3.05, 3.63) is 85.0 Å². The average molecular weight is 448 g/mol. The molecule has 0 aliphatic rings. The zero-order chi connectivity index (χ0) is 19.6. The Labute approximate surface area is 168 Å². The minimum absolute atomic E-state index is 0.0209. The summed E-state index contributed by atoms with van der Waals surface area (Å²) in [5.74, 6) is -0.0649. The van der Waals surface area contributed by atoms with E-state index < -0.39 is 11.4 Å². The van der Waals surface area contributed by atoms with E-state index in [2.05, 4.69) is 20.9 Å². The molecule has 2 aromatic carbocycles. The Balaban J connectivity index is 2.08. The summed E-state index contributed by atoms with van der Waals surface area (Å²) in [4.78, 5) is 14.7. The van der Waals surface area contributed by atoms with Crippen LogP contribution in [0.25, 0.3) is 11.1 Å². The smallest absolute Gasteiger partial charge is 0.266 e. The van der Waals surface area contributed by atoms with Crippen molar-refractivity contribution in [1.29, 1.82) is 5.26 Å². The molecule has 0 saturated carbocycles. The Kier molecular flexibility index (Phi) is 5.64. The molecule has 0 spiro atoms. The molecule has 136 valence electrons. The Bertz CT molecular complexity index is 1100. The van der Waals surface area contributed by atoms with Crippen molar-refractivity contribution in [2.24, 2.45) is 0 Å². The number of nitrogens with one attached hydrogen (secondary N) is 1. The molecule has 27 heavy (non-hydrogen) atoms. The van der Waals surface area contributed by atoms with Crippen molar-refractivity contribution >= 4 is 27.5 Å². The van der Waals surface area contributed by atoms with Crippen molar-refractivity contribution in [2.45, 2.75) is 13.5 Å². The minimum atomic E-state index is -0.476. The van der Waals surface area contributed by atoms with Crippen LogP contribution in [0, 0.1) is 24.1 Å². The third kappa shape index (κ3) is 4.05.